The number of piperazine rings is 1. The molecule has 3 aliphatic rings. The predicted molar refractivity (Wildman–Crippen MR) is 77.0 cm³/mol. The number of nitrogens with one attached hydrogen (secondary N) is 1. The van der Waals surface area contributed by atoms with Crippen molar-refractivity contribution in [2.45, 2.75) is 70.4 Å². The van der Waals surface area contributed by atoms with Crippen LogP contribution in [-0.4, -0.2) is 35.3 Å². The van der Waals surface area contributed by atoms with Gasteiger partial charge in [-0.15, -0.1) is 0 Å². The molecule has 3 atom stereocenters. The van der Waals surface area contributed by atoms with Gasteiger partial charge < -0.3 is 10.2 Å². The minimum atomic E-state index is -0.243. The van der Waals surface area contributed by atoms with Gasteiger partial charge in [-0.25, -0.2) is 0 Å². The van der Waals surface area contributed by atoms with Crippen molar-refractivity contribution in [2.24, 2.45) is 11.8 Å². The Labute approximate surface area is 121 Å². The molecular weight excluding hydrogens is 252 g/mol. The topological polar surface area (TPSA) is 49.4 Å². The van der Waals surface area contributed by atoms with E-state index in [1.807, 2.05) is 4.90 Å². The Morgan fingerprint density at radius 2 is 1.80 bits per heavy atom. The second-order valence-corrected chi connectivity index (χ2v) is 6.98. The van der Waals surface area contributed by atoms with Gasteiger partial charge in [-0.2, -0.15) is 0 Å². The van der Waals surface area contributed by atoms with Crippen LogP contribution in [0, 0.1) is 11.8 Å². The van der Waals surface area contributed by atoms with Crippen LogP contribution in [0.15, 0.2) is 0 Å². The third kappa shape index (κ3) is 2.70. The summed E-state index contributed by atoms with van der Waals surface area (Å²) in [6.45, 7) is 2.52. The molecule has 0 aromatic heterocycles. The lowest BCUT2D eigenvalue weighted by Crippen LogP contribution is -2.62. The number of carbonyl (C=O) groups is 2. The van der Waals surface area contributed by atoms with Crippen molar-refractivity contribution in [3.05, 3.63) is 0 Å². The van der Waals surface area contributed by atoms with Gasteiger partial charge in [0.15, 0.2) is 0 Å². The Hall–Kier alpha value is -1.06. The summed E-state index contributed by atoms with van der Waals surface area (Å²) in [5.41, 5.74) is 0. The summed E-state index contributed by atoms with van der Waals surface area (Å²) in [4.78, 5) is 26.7. The standard InChI is InChI=1S/C16H26N2O2/c1-11-7-8-13(9-11)18-10-14(19)17-15(16(18)20)12-5-3-2-4-6-12/h11-13,15H,2-10H2,1H3,(H,17,19). The molecule has 3 fully saturated rings. The summed E-state index contributed by atoms with van der Waals surface area (Å²) in [5, 5.41) is 2.97. The van der Waals surface area contributed by atoms with E-state index >= 15 is 0 Å². The molecule has 4 heteroatoms. The lowest BCUT2D eigenvalue weighted by molar-refractivity contribution is -0.148. The highest BCUT2D eigenvalue weighted by Crippen LogP contribution is 2.33. The Morgan fingerprint density at radius 1 is 1.05 bits per heavy atom. The number of hydrogen-bond donors (Lipinski definition) is 1. The van der Waals surface area contributed by atoms with Crippen molar-refractivity contribution in [1.29, 1.82) is 0 Å². The molecule has 1 aliphatic heterocycles. The van der Waals surface area contributed by atoms with Gasteiger partial charge in [-0.1, -0.05) is 26.2 Å². The molecule has 20 heavy (non-hydrogen) atoms. The van der Waals surface area contributed by atoms with Gasteiger partial charge in [0.2, 0.25) is 11.8 Å². The maximum absolute atomic E-state index is 12.8. The molecule has 1 saturated heterocycles. The van der Waals surface area contributed by atoms with Crippen LogP contribution in [0.2, 0.25) is 0 Å². The molecule has 0 bridgehead atoms. The predicted octanol–water partition coefficient (Wildman–Crippen LogP) is 2.08. The fourth-order valence-electron chi connectivity index (χ4n) is 4.25. The molecule has 0 aromatic rings. The van der Waals surface area contributed by atoms with Gasteiger partial charge >= 0.3 is 0 Å². The summed E-state index contributed by atoms with van der Waals surface area (Å²) < 4.78 is 0. The maximum Gasteiger partial charge on any atom is 0.246 e. The molecule has 0 aromatic carbocycles. The minimum Gasteiger partial charge on any atom is -0.342 e. The fourth-order valence-corrected chi connectivity index (χ4v) is 4.25. The van der Waals surface area contributed by atoms with Crippen LogP contribution >= 0.6 is 0 Å². The summed E-state index contributed by atoms with van der Waals surface area (Å²) in [6.07, 6.45) is 9.17. The molecule has 4 nitrogen and oxygen atoms in total. The van der Waals surface area contributed by atoms with Crippen LogP contribution in [0.25, 0.3) is 0 Å². The first-order valence-electron chi connectivity index (χ1n) is 8.25. The molecular formula is C16H26N2O2. The maximum atomic E-state index is 12.8. The second kappa shape index (κ2) is 5.74. The average molecular weight is 278 g/mol. The molecule has 112 valence electrons. The van der Waals surface area contributed by atoms with Crippen LogP contribution in [0.1, 0.15) is 58.3 Å². The van der Waals surface area contributed by atoms with Crippen molar-refractivity contribution < 1.29 is 9.59 Å². The minimum absolute atomic E-state index is 0.0414. The molecule has 3 rings (SSSR count). The van der Waals surface area contributed by atoms with Crippen LogP contribution in [-0.2, 0) is 9.59 Å². The van der Waals surface area contributed by atoms with E-state index < -0.39 is 0 Å². The summed E-state index contributed by atoms with van der Waals surface area (Å²) in [5.74, 6) is 1.28. The van der Waals surface area contributed by atoms with E-state index in [1.54, 1.807) is 0 Å². The first-order chi connectivity index (χ1) is 9.65. The van der Waals surface area contributed by atoms with Crippen molar-refractivity contribution >= 4 is 11.8 Å². The lowest BCUT2D eigenvalue weighted by Gasteiger charge is -2.40. The van der Waals surface area contributed by atoms with E-state index in [4.69, 9.17) is 0 Å². The zero-order valence-electron chi connectivity index (χ0n) is 12.4. The molecule has 0 spiro atoms. The van der Waals surface area contributed by atoms with Crippen molar-refractivity contribution in [2.75, 3.05) is 6.54 Å². The van der Waals surface area contributed by atoms with E-state index in [0.717, 1.165) is 25.7 Å². The summed E-state index contributed by atoms with van der Waals surface area (Å²) in [7, 11) is 0. The number of hydrogen-bond acceptors (Lipinski definition) is 2. The average Bonchev–Trinajstić information content (AvgIpc) is 2.88. The normalized spacial score (nSPS) is 36.2. The van der Waals surface area contributed by atoms with Crippen LogP contribution in [0.5, 0.6) is 0 Å². The smallest absolute Gasteiger partial charge is 0.246 e. The summed E-state index contributed by atoms with van der Waals surface area (Å²) in [6, 6.07) is 0.0575. The number of carbonyl (C=O) groups excluding carboxylic acids is 2. The van der Waals surface area contributed by atoms with Crippen molar-refractivity contribution in [3.8, 4) is 0 Å². The van der Waals surface area contributed by atoms with Gasteiger partial charge in [0.05, 0.1) is 6.54 Å². The first-order valence-corrected chi connectivity index (χ1v) is 8.25. The summed E-state index contributed by atoms with van der Waals surface area (Å²) >= 11 is 0. The number of rotatable bonds is 2. The Morgan fingerprint density at radius 3 is 2.45 bits per heavy atom. The van der Waals surface area contributed by atoms with E-state index in [0.29, 0.717) is 17.9 Å². The monoisotopic (exact) mass is 278 g/mol. The van der Waals surface area contributed by atoms with E-state index in [1.165, 1.54) is 25.7 Å². The molecule has 2 saturated carbocycles. The van der Waals surface area contributed by atoms with Gasteiger partial charge in [0.25, 0.3) is 0 Å². The van der Waals surface area contributed by atoms with E-state index in [9.17, 15) is 9.59 Å². The SMILES string of the molecule is CC1CCC(N2CC(=O)NC(C3CCCCC3)C2=O)C1. The van der Waals surface area contributed by atoms with Crippen LogP contribution in [0.3, 0.4) is 0 Å². The number of nitrogens with zero attached hydrogens (tertiary/aromatic N) is 1. The van der Waals surface area contributed by atoms with Crippen LogP contribution < -0.4 is 5.32 Å². The highest BCUT2D eigenvalue weighted by atomic mass is 16.2. The highest BCUT2D eigenvalue weighted by Gasteiger charge is 2.41. The van der Waals surface area contributed by atoms with Crippen molar-refractivity contribution in [1.82, 2.24) is 10.2 Å². The van der Waals surface area contributed by atoms with Gasteiger partial charge in [-0.05, 0) is 43.9 Å². The van der Waals surface area contributed by atoms with E-state index in [-0.39, 0.29) is 24.4 Å². The molecule has 1 heterocycles. The van der Waals surface area contributed by atoms with Gasteiger partial charge in [0, 0.05) is 6.04 Å². The molecule has 0 radical (unpaired) electrons. The molecule has 2 amide bonds. The second-order valence-electron chi connectivity index (χ2n) is 6.98. The van der Waals surface area contributed by atoms with Gasteiger partial charge in [0.1, 0.15) is 6.04 Å². The fraction of sp³-hybridized carbons (Fsp3) is 0.875. The Bertz CT molecular complexity index is 371. The lowest BCUT2D eigenvalue weighted by atomic mass is 9.82. The van der Waals surface area contributed by atoms with Crippen molar-refractivity contribution in [3.63, 3.8) is 0 Å². The quantitative estimate of drug-likeness (QED) is 0.841. The Kier molecular flexibility index (Phi) is 3.99. The molecule has 2 aliphatic carbocycles. The highest BCUT2D eigenvalue weighted by molar-refractivity contribution is 5.95. The zero-order valence-corrected chi connectivity index (χ0v) is 12.4. The van der Waals surface area contributed by atoms with Gasteiger partial charge in [-0.3, -0.25) is 9.59 Å². The third-order valence-corrected chi connectivity index (χ3v) is 5.41. The van der Waals surface area contributed by atoms with E-state index in [2.05, 4.69) is 12.2 Å². The number of amides is 2. The largest absolute Gasteiger partial charge is 0.342 e. The third-order valence-electron chi connectivity index (χ3n) is 5.41. The zero-order chi connectivity index (χ0) is 14.1. The van der Waals surface area contributed by atoms with Crippen LogP contribution in [0.4, 0.5) is 0 Å². The first kappa shape index (κ1) is 13.9. The Balaban J connectivity index is 1.71. The molecule has 3 unspecified atom stereocenters. The molecule has 1 N–H and O–H groups in total.